The van der Waals surface area contributed by atoms with Crippen molar-refractivity contribution in [3.8, 4) is 0 Å². The molecule has 3 aliphatic rings. The number of hydrogen-bond donors (Lipinski definition) is 1. The third-order valence-electron chi connectivity index (χ3n) is 6.05. The largest absolute Gasteiger partial charge is 0.326 e. The summed E-state index contributed by atoms with van der Waals surface area (Å²) in [5, 5.41) is 3.04. The van der Waals surface area contributed by atoms with Crippen molar-refractivity contribution < 1.29 is 9.59 Å². The van der Waals surface area contributed by atoms with E-state index in [4.69, 9.17) is 0 Å². The molecule has 1 saturated carbocycles. The minimum atomic E-state index is -0.650. The van der Waals surface area contributed by atoms with Crippen LogP contribution in [-0.2, 0) is 17.8 Å². The lowest BCUT2D eigenvalue weighted by Gasteiger charge is -2.37. The van der Waals surface area contributed by atoms with Gasteiger partial charge < -0.3 is 5.32 Å². The van der Waals surface area contributed by atoms with E-state index >= 15 is 0 Å². The zero-order chi connectivity index (χ0) is 16.7. The highest BCUT2D eigenvalue weighted by Gasteiger charge is 2.55. The summed E-state index contributed by atoms with van der Waals surface area (Å²) in [6.45, 7) is 4.18. The number of nitrogens with one attached hydrogen (secondary N) is 1. The van der Waals surface area contributed by atoms with Gasteiger partial charge in [0.05, 0.1) is 6.67 Å². The second-order valence-corrected chi connectivity index (χ2v) is 7.49. The Morgan fingerprint density at radius 2 is 2.00 bits per heavy atom. The molecule has 1 aromatic carbocycles. The molecule has 1 aliphatic carbocycles. The third-order valence-corrected chi connectivity index (χ3v) is 6.05. The van der Waals surface area contributed by atoms with Gasteiger partial charge in [-0.15, -0.1) is 0 Å². The number of benzene rings is 1. The van der Waals surface area contributed by atoms with E-state index in [0.717, 1.165) is 45.2 Å². The Bertz CT molecular complexity index is 674. The summed E-state index contributed by atoms with van der Waals surface area (Å²) in [4.78, 5) is 29.2. The van der Waals surface area contributed by atoms with Crippen molar-refractivity contribution >= 4 is 11.9 Å². The molecule has 5 heteroatoms. The number of carbonyl (C=O) groups is 2. The fraction of sp³-hybridized carbons (Fsp3) is 0.579. The molecular weight excluding hydrogens is 302 g/mol. The number of nitrogens with zero attached hydrogens (tertiary/aromatic N) is 2. The molecule has 24 heavy (non-hydrogen) atoms. The van der Waals surface area contributed by atoms with Crippen LogP contribution in [0.25, 0.3) is 0 Å². The normalized spacial score (nSPS) is 30.5. The second-order valence-electron chi connectivity index (χ2n) is 7.49. The number of carbonyl (C=O) groups excluding carboxylic acids is 2. The molecule has 1 spiro atoms. The number of hydrogen-bond acceptors (Lipinski definition) is 3. The standard InChI is InChI=1S/C19H25N3O2/c1-14-6-4-5-10-19(14)17(23)22(18(24)20-19)13-21-11-9-15-7-2-3-8-16(15)12-21/h2-3,7-8,14H,4-6,9-13H2,1H3,(H,20,24)/t14-,19+/m1/s1. The van der Waals surface area contributed by atoms with Crippen LogP contribution in [0.15, 0.2) is 24.3 Å². The lowest BCUT2D eigenvalue weighted by Crippen LogP contribution is -2.54. The fourth-order valence-corrected chi connectivity index (χ4v) is 4.50. The number of urea groups is 1. The smallest absolute Gasteiger partial charge is 0.323 e. The van der Waals surface area contributed by atoms with E-state index in [1.165, 1.54) is 16.0 Å². The highest BCUT2D eigenvalue weighted by atomic mass is 16.2. The van der Waals surface area contributed by atoms with Crippen LogP contribution < -0.4 is 5.32 Å². The molecule has 1 aromatic rings. The van der Waals surface area contributed by atoms with Crippen LogP contribution in [0.1, 0.15) is 43.7 Å². The van der Waals surface area contributed by atoms with Gasteiger partial charge in [0.2, 0.25) is 0 Å². The topological polar surface area (TPSA) is 52.7 Å². The van der Waals surface area contributed by atoms with Gasteiger partial charge in [0.25, 0.3) is 5.91 Å². The molecule has 0 bridgehead atoms. The molecule has 1 N–H and O–H groups in total. The predicted molar refractivity (Wildman–Crippen MR) is 91.2 cm³/mol. The molecule has 2 heterocycles. The summed E-state index contributed by atoms with van der Waals surface area (Å²) in [5.74, 6) is 0.202. The maximum atomic E-state index is 13.0. The Labute approximate surface area is 143 Å². The molecular formula is C19H25N3O2. The van der Waals surface area contributed by atoms with Gasteiger partial charge in [-0.2, -0.15) is 0 Å². The van der Waals surface area contributed by atoms with E-state index in [2.05, 4.69) is 41.4 Å². The van der Waals surface area contributed by atoms with Crippen LogP contribution in [-0.4, -0.2) is 40.5 Å². The minimum absolute atomic E-state index is 0.0152. The van der Waals surface area contributed by atoms with Gasteiger partial charge in [0.1, 0.15) is 5.54 Å². The average molecular weight is 327 g/mol. The van der Waals surface area contributed by atoms with Gasteiger partial charge in [-0.25, -0.2) is 9.69 Å². The highest BCUT2D eigenvalue weighted by Crippen LogP contribution is 2.38. The zero-order valence-corrected chi connectivity index (χ0v) is 14.3. The summed E-state index contributed by atoms with van der Waals surface area (Å²) >= 11 is 0. The van der Waals surface area contributed by atoms with Crippen LogP contribution in [0.5, 0.6) is 0 Å². The Balaban J connectivity index is 1.49. The first-order chi connectivity index (χ1) is 11.6. The molecule has 2 fully saturated rings. The van der Waals surface area contributed by atoms with Crippen LogP contribution in [0.4, 0.5) is 4.79 Å². The summed E-state index contributed by atoms with van der Waals surface area (Å²) in [6, 6.07) is 8.21. The Kier molecular flexibility index (Phi) is 3.83. The fourth-order valence-electron chi connectivity index (χ4n) is 4.50. The van der Waals surface area contributed by atoms with E-state index in [9.17, 15) is 9.59 Å². The van der Waals surface area contributed by atoms with Gasteiger partial charge >= 0.3 is 6.03 Å². The predicted octanol–water partition coefficient (Wildman–Crippen LogP) is 2.50. The summed E-state index contributed by atoms with van der Waals surface area (Å²) in [6.07, 6.45) is 4.92. The van der Waals surface area contributed by atoms with Crippen LogP contribution in [0.3, 0.4) is 0 Å². The molecule has 5 nitrogen and oxygen atoms in total. The molecule has 128 valence electrons. The third kappa shape index (κ3) is 2.42. The second kappa shape index (κ2) is 5.88. The van der Waals surface area contributed by atoms with Crippen molar-refractivity contribution in [1.29, 1.82) is 0 Å². The van der Waals surface area contributed by atoms with Gasteiger partial charge in [0.15, 0.2) is 0 Å². The first-order valence-electron chi connectivity index (χ1n) is 9.03. The first-order valence-corrected chi connectivity index (χ1v) is 9.03. The van der Waals surface area contributed by atoms with Gasteiger partial charge in [-0.3, -0.25) is 9.69 Å². The van der Waals surface area contributed by atoms with Gasteiger partial charge in [-0.05, 0) is 36.3 Å². The lowest BCUT2D eigenvalue weighted by atomic mass is 9.73. The molecule has 1 saturated heterocycles. The molecule has 4 rings (SSSR count). The van der Waals surface area contributed by atoms with Crippen LogP contribution >= 0.6 is 0 Å². The quantitative estimate of drug-likeness (QED) is 0.849. The molecule has 2 atom stereocenters. The van der Waals surface area contributed by atoms with Crippen molar-refractivity contribution in [1.82, 2.24) is 15.1 Å². The highest BCUT2D eigenvalue weighted by molar-refractivity contribution is 6.07. The summed E-state index contributed by atoms with van der Waals surface area (Å²) < 4.78 is 0. The Morgan fingerprint density at radius 1 is 1.21 bits per heavy atom. The summed E-state index contributed by atoms with van der Waals surface area (Å²) in [7, 11) is 0. The first kappa shape index (κ1) is 15.6. The van der Waals surface area contributed by atoms with Crippen molar-refractivity contribution in [2.24, 2.45) is 5.92 Å². The maximum absolute atomic E-state index is 13.0. The molecule has 0 aromatic heterocycles. The average Bonchev–Trinajstić information content (AvgIpc) is 2.83. The van der Waals surface area contributed by atoms with E-state index < -0.39 is 5.54 Å². The van der Waals surface area contributed by atoms with Crippen molar-refractivity contribution in [2.75, 3.05) is 13.2 Å². The summed E-state index contributed by atoms with van der Waals surface area (Å²) in [5.41, 5.74) is 2.03. The zero-order valence-electron chi connectivity index (χ0n) is 14.3. The number of fused-ring (bicyclic) bond motifs is 1. The van der Waals surface area contributed by atoms with E-state index in [0.29, 0.717) is 6.67 Å². The SMILES string of the molecule is C[C@@H]1CCCC[C@]12NC(=O)N(CN1CCc3ccccc3C1)C2=O. The molecule has 0 radical (unpaired) electrons. The molecule has 2 aliphatic heterocycles. The van der Waals surface area contributed by atoms with Gasteiger partial charge in [-0.1, -0.05) is 44.0 Å². The monoisotopic (exact) mass is 327 g/mol. The molecule has 0 unspecified atom stereocenters. The van der Waals surface area contributed by atoms with Gasteiger partial charge in [0, 0.05) is 13.1 Å². The van der Waals surface area contributed by atoms with E-state index in [1.807, 2.05) is 0 Å². The van der Waals surface area contributed by atoms with E-state index in [1.54, 1.807) is 0 Å². The van der Waals surface area contributed by atoms with Crippen molar-refractivity contribution in [2.45, 2.75) is 51.1 Å². The van der Waals surface area contributed by atoms with Crippen LogP contribution in [0, 0.1) is 5.92 Å². The lowest BCUT2D eigenvalue weighted by molar-refractivity contribution is -0.135. The minimum Gasteiger partial charge on any atom is -0.323 e. The number of amides is 3. The Morgan fingerprint density at radius 3 is 2.79 bits per heavy atom. The van der Waals surface area contributed by atoms with E-state index in [-0.39, 0.29) is 17.9 Å². The number of imide groups is 1. The Hall–Kier alpha value is -1.88. The van der Waals surface area contributed by atoms with Crippen LogP contribution in [0.2, 0.25) is 0 Å². The number of rotatable bonds is 2. The van der Waals surface area contributed by atoms with Crippen molar-refractivity contribution in [3.63, 3.8) is 0 Å². The van der Waals surface area contributed by atoms with Crippen molar-refractivity contribution in [3.05, 3.63) is 35.4 Å². The molecule has 3 amide bonds. The maximum Gasteiger partial charge on any atom is 0.326 e.